The van der Waals surface area contributed by atoms with Crippen molar-refractivity contribution < 1.29 is 0 Å². The van der Waals surface area contributed by atoms with Crippen molar-refractivity contribution in [2.24, 2.45) is 5.92 Å². The summed E-state index contributed by atoms with van der Waals surface area (Å²) < 4.78 is 0. The molecule has 0 heterocycles. The van der Waals surface area contributed by atoms with E-state index in [1.54, 1.807) is 0 Å². The quantitative estimate of drug-likeness (QED) is 0.627. The molecule has 25 heavy (non-hydrogen) atoms. The SMILES string of the molecule is C=C(C)NC1=CC(C(C)C(=C)c2ccc(CC)c(C)c2)=C(C)CC=C1. The fraction of sp³-hybridized carbons (Fsp3) is 0.333. The second-order valence-electron chi connectivity index (χ2n) is 7.09. The van der Waals surface area contributed by atoms with E-state index in [0.717, 1.165) is 24.2 Å². The van der Waals surface area contributed by atoms with Crippen LogP contribution in [0.5, 0.6) is 0 Å². The number of rotatable bonds is 6. The Balaban J connectivity index is 2.33. The highest BCUT2D eigenvalue weighted by atomic mass is 14.9. The number of hydrogen-bond donors (Lipinski definition) is 1. The lowest BCUT2D eigenvalue weighted by atomic mass is 9.85. The van der Waals surface area contributed by atoms with Crippen molar-refractivity contribution in [1.29, 1.82) is 0 Å². The second-order valence-corrected chi connectivity index (χ2v) is 7.09. The molecular weight excluding hydrogens is 302 g/mol. The smallest absolute Gasteiger partial charge is 0.0381 e. The summed E-state index contributed by atoms with van der Waals surface area (Å²) in [6, 6.07) is 6.73. The van der Waals surface area contributed by atoms with E-state index in [1.165, 1.54) is 33.4 Å². The van der Waals surface area contributed by atoms with Crippen LogP contribution >= 0.6 is 0 Å². The Morgan fingerprint density at radius 1 is 1.24 bits per heavy atom. The Morgan fingerprint density at radius 3 is 2.56 bits per heavy atom. The summed E-state index contributed by atoms with van der Waals surface area (Å²) in [5, 5.41) is 3.35. The van der Waals surface area contributed by atoms with E-state index in [2.05, 4.69) is 82.6 Å². The molecule has 0 bridgehead atoms. The van der Waals surface area contributed by atoms with Crippen molar-refractivity contribution in [2.45, 2.75) is 47.5 Å². The van der Waals surface area contributed by atoms with Crippen molar-refractivity contribution in [3.05, 3.63) is 88.8 Å². The molecule has 0 saturated heterocycles. The van der Waals surface area contributed by atoms with Crippen molar-refractivity contribution in [3.8, 4) is 0 Å². The number of benzene rings is 1. The van der Waals surface area contributed by atoms with Gasteiger partial charge in [-0.1, -0.05) is 56.9 Å². The molecule has 1 aliphatic carbocycles. The van der Waals surface area contributed by atoms with Crippen LogP contribution in [0.15, 0.2) is 72.1 Å². The van der Waals surface area contributed by atoms with Gasteiger partial charge < -0.3 is 5.32 Å². The molecule has 132 valence electrons. The number of allylic oxidation sites excluding steroid dienone is 7. The lowest BCUT2D eigenvalue weighted by Gasteiger charge is -2.20. The summed E-state index contributed by atoms with van der Waals surface area (Å²) in [6.45, 7) is 19.2. The molecule has 1 atom stereocenters. The average Bonchev–Trinajstić information content (AvgIpc) is 2.74. The summed E-state index contributed by atoms with van der Waals surface area (Å²) in [5.41, 5.74) is 9.95. The minimum atomic E-state index is 0.272. The van der Waals surface area contributed by atoms with Gasteiger partial charge in [-0.05, 0) is 73.6 Å². The van der Waals surface area contributed by atoms with Gasteiger partial charge in [-0.15, -0.1) is 0 Å². The molecule has 0 radical (unpaired) electrons. The number of aryl methyl sites for hydroxylation is 2. The van der Waals surface area contributed by atoms with E-state index in [1.807, 2.05) is 6.92 Å². The maximum Gasteiger partial charge on any atom is 0.0381 e. The highest BCUT2D eigenvalue weighted by Crippen LogP contribution is 2.33. The minimum absolute atomic E-state index is 0.272. The van der Waals surface area contributed by atoms with Crippen LogP contribution in [0.4, 0.5) is 0 Å². The monoisotopic (exact) mass is 333 g/mol. The first kappa shape index (κ1) is 19.1. The van der Waals surface area contributed by atoms with E-state index in [-0.39, 0.29) is 5.92 Å². The van der Waals surface area contributed by atoms with E-state index >= 15 is 0 Å². The Bertz CT molecular complexity index is 771. The van der Waals surface area contributed by atoms with Gasteiger partial charge in [0, 0.05) is 17.3 Å². The fourth-order valence-electron chi connectivity index (χ4n) is 3.37. The summed E-state index contributed by atoms with van der Waals surface area (Å²) in [4.78, 5) is 0. The summed E-state index contributed by atoms with van der Waals surface area (Å²) in [6.07, 6.45) is 8.64. The third-order valence-corrected chi connectivity index (χ3v) is 4.97. The maximum absolute atomic E-state index is 4.43. The first-order valence-electron chi connectivity index (χ1n) is 9.12. The molecule has 1 heteroatoms. The van der Waals surface area contributed by atoms with Crippen molar-refractivity contribution in [3.63, 3.8) is 0 Å². The van der Waals surface area contributed by atoms with E-state index < -0.39 is 0 Å². The van der Waals surface area contributed by atoms with Crippen molar-refractivity contribution >= 4 is 5.57 Å². The van der Waals surface area contributed by atoms with E-state index in [9.17, 15) is 0 Å². The Labute approximate surface area is 153 Å². The van der Waals surface area contributed by atoms with Gasteiger partial charge in [0.25, 0.3) is 0 Å². The number of hydrogen-bond acceptors (Lipinski definition) is 1. The van der Waals surface area contributed by atoms with Gasteiger partial charge in [-0.25, -0.2) is 0 Å². The molecular formula is C24H31N. The van der Waals surface area contributed by atoms with Gasteiger partial charge >= 0.3 is 0 Å². The first-order valence-corrected chi connectivity index (χ1v) is 9.12. The fourth-order valence-corrected chi connectivity index (χ4v) is 3.37. The molecule has 0 saturated carbocycles. The highest BCUT2D eigenvalue weighted by molar-refractivity contribution is 5.70. The topological polar surface area (TPSA) is 12.0 Å². The zero-order valence-electron chi connectivity index (χ0n) is 16.4. The largest absolute Gasteiger partial charge is 0.360 e. The van der Waals surface area contributed by atoms with Gasteiger partial charge in [0.2, 0.25) is 0 Å². The third-order valence-electron chi connectivity index (χ3n) is 4.97. The third kappa shape index (κ3) is 4.63. The lowest BCUT2D eigenvalue weighted by molar-refractivity contribution is 0.883. The molecule has 0 aliphatic heterocycles. The zero-order chi connectivity index (χ0) is 18.6. The molecule has 0 spiro atoms. The molecule has 1 N–H and O–H groups in total. The zero-order valence-corrected chi connectivity index (χ0v) is 16.4. The van der Waals surface area contributed by atoms with Gasteiger partial charge in [0.05, 0.1) is 0 Å². The summed E-state index contributed by atoms with van der Waals surface area (Å²) in [7, 11) is 0. The van der Waals surface area contributed by atoms with E-state index in [0.29, 0.717) is 0 Å². The van der Waals surface area contributed by atoms with Gasteiger partial charge in [0.15, 0.2) is 0 Å². The van der Waals surface area contributed by atoms with Crippen molar-refractivity contribution in [1.82, 2.24) is 5.32 Å². The number of nitrogens with one attached hydrogen (secondary N) is 1. The molecule has 1 aromatic rings. The van der Waals surface area contributed by atoms with E-state index in [4.69, 9.17) is 0 Å². The lowest BCUT2D eigenvalue weighted by Crippen LogP contribution is -2.10. The van der Waals surface area contributed by atoms with Crippen LogP contribution in [0.3, 0.4) is 0 Å². The standard InChI is InChI=1S/C24H31N/c1-8-21-12-13-22(14-18(21)5)19(6)20(7)24-15-23(25-16(2)3)11-9-10-17(24)4/h9,11-15,20,25H,2,6,8,10H2,1,3-5,7H3. The molecule has 0 fully saturated rings. The Kier molecular flexibility index (Phi) is 6.25. The van der Waals surface area contributed by atoms with Gasteiger partial charge in [-0.3, -0.25) is 0 Å². The Hall–Kier alpha value is -2.28. The predicted molar refractivity (Wildman–Crippen MR) is 111 cm³/mol. The average molecular weight is 334 g/mol. The second kappa shape index (κ2) is 8.20. The van der Waals surface area contributed by atoms with Gasteiger partial charge in [-0.2, -0.15) is 0 Å². The molecule has 1 unspecified atom stereocenters. The van der Waals surface area contributed by atoms with Crippen LogP contribution in [0.2, 0.25) is 0 Å². The van der Waals surface area contributed by atoms with Crippen LogP contribution in [0, 0.1) is 12.8 Å². The predicted octanol–water partition coefficient (Wildman–Crippen LogP) is 6.49. The first-order chi connectivity index (χ1) is 11.8. The van der Waals surface area contributed by atoms with Crippen LogP contribution in [-0.2, 0) is 6.42 Å². The van der Waals surface area contributed by atoms with Crippen LogP contribution in [0.25, 0.3) is 5.57 Å². The molecule has 1 nitrogen and oxygen atoms in total. The van der Waals surface area contributed by atoms with Crippen LogP contribution < -0.4 is 5.32 Å². The molecule has 1 aromatic carbocycles. The maximum atomic E-state index is 4.43. The molecule has 0 amide bonds. The molecule has 2 rings (SSSR count). The molecule has 0 aromatic heterocycles. The minimum Gasteiger partial charge on any atom is -0.360 e. The normalized spacial score (nSPS) is 15.5. The van der Waals surface area contributed by atoms with Crippen molar-refractivity contribution in [2.75, 3.05) is 0 Å². The van der Waals surface area contributed by atoms with Crippen LogP contribution in [-0.4, -0.2) is 0 Å². The molecule has 1 aliphatic rings. The van der Waals surface area contributed by atoms with Crippen LogP contribution in [0.1, 0.15) is 50.8 Å². The Morgan fingerprint density at radius 2 is 1.96 bits per heavy atom. The van der Waals surface area contributed by atoms with Gasteiger partial charge in [0.1, 0.15) is 0 Å². The highest BCUT2D eigenvalue weighted by Gasteiger charge is 2.17. The summed E-state index contributed by atoms with van der Waals surface area (Å²) in [5.74, 6) is 0.272. The summed E-state index contributed by atoms with van der Waals surface area (Å²) >= 11 is 0.